The van der Waals surface area contributed by atoms with E-state index in [0.717, 1.165) is 31.6 Å². The number of aromatic nitrogens is 2. The highest BCUT2D eigenvalue weighted by atomic mass is 19.4. The zero-order valence-corrected chi connectivity index (χ0v) is 10.3. The fourth-order valence-corrected chi connectivity index (χ4v) is 2.48. The Kier molecular flexibility index (Phi) is 2.88. The Hall–Kier alpha value is -1.72. The molecule has 1 N–H and O–H groups in total. The topological polar surface area (TPSA) is 31.9 Å². The van der Waals surface area contributed by atoms with E-state index in [1.165, 1.54) is 6.42 Å². The maximum absolute atomic E-state index is 12.6. The van der Waals surface area contributed by atoms with E-state index in [9.17, 15) is 13.2 Å². The summed E-state index contributed by atoms with van der Waals surface area (Å²) in [5, 5.41) is 0. The SMILES string of the molecule is FC(F)(F)c1nc2ccc(N3CCCCC3)cc2[nH]1. The monoisotopic (exact) mass is 269 g/mol. The predicted octanol–water partition coefficient (Wildman–Crippen LogP) is 3.57. The second-order valence-electron chi connectivity index (χ2n) is 4.83. The van der Waals surface area contributed by atoms with E-state index in [2.05, 4.69) is 14.9 Å². The van der Waals surface area contributed by atoms with Crippen molar-refractivity contribution in [3.05, 3.63) is 24.0 Å². The van der Waals surface area contributed by atoms with E-state index < -0.39 is 12.0 Å². The first kappa shape index (κ1) is 12.3. The van der Waals surface area contributed by atoms with Gasteiger partial charge in [0.1, 0.15) is 0 Å². The number of aromatic amines is 1. The first-order valence-electron chi connectivity index (χ1n) is 6.36. The summed E-state index contributed by atoms with van der Waals surface area (Å²) in [7, 11) is 0. The molecule has 102 valence electrons. The van der Waals surface area contributed by atoms with Gasteiger partial charge in [-0.2, -0.15) is 13.2 Å². The first-order valence-corrected chi connectivity index (χ1v) is 6.36. The van der Waals surface area contributed by atoms with Gasteiger partial charge in [0.2, 0.25) is 5.82 Å². The van der Waals surface area contributed by atoms with Crippen LogP contribution in [0.15, 0.2) is 18.2 Å². The zero-order valence-electron chi connectivity index (χ0n) is 10.3. The van der Waals surface area contributed by atoms with Crippen LogP contribution >= 0.6 is 0 Å². The van der Waals surface area contributed by atoms with Gasteiger partial charge in [-0.15, -0.1) is 0 Å². The summed E-state index contributed by atoms with van der Waals surface area (Å²) < 4.78 is 37.7. The third-order valence-corrected chi connectivity index (χ3v) is 3.46. The van der Waals surface area contributed by atoms with Gasteiger partial charge < -0.3 is 9.88 Å². The van der Waals surface area contributed by atoms with Crippen molar-refractivity contribution in [1.82, 2.24) is 9.97 Å². The van der Waals surface area contributed by atoms with Crippen LogP contribution in [0.5, 0.6) is 0 Å². The Bertz CT molecular complexity index is 582. The van der Waals surface area contributed by atoms with Gasteiger partial charge in [0, 0.05) is 18.8 Å². The number of fused-ring (bicyclic) bond motifs is 1. The number of halogens is 3. The van der Waals surface area contributed by atoms with Gasteiger partial charge >= 0.3 is 6.18 Å². The van der Waals surface area contributed by atoms with Crippen molar-refractivity contribution in [3.63, 3.8) is 0 Å². The van der Waals surface area contributed by atoms with Crippen molar-refractivity contribution in [2.45, 2.75) is 25.4 Å². The van der Waals surface area contributed by atoms with Crippen LogP contribution in [-0.2, 0) is 6.18 Å². The molecule has 0 spiro atoms. The fourth-order valence-electron chi connectivity index (χ4n) is 2.48. The highest BCUT2D eigenvalue weighted by Gasteiger charge is 2.34. The van der Waals surface area contributed by atoms with Gasteiger partial charge in [-0.3, -0.25) is 0 Å². The van der Waals surface area contributed by atoms with Crippen molar-refractivity contribution < 1.29 is 13.2 Å². The van der Waals surface area contributed by atoms with Crippen molar-refractivity contribution in [3.8, 4) is 0 Å². The molecule has 1 aliphatic rings. The predicted molar refractivity (Wildman–Crippen MR) is 67.2 cm³/mol. The summed E-state index contributed by atoms with van der Waals surface area (Å²) in [6.07, 6.45) is -0.936. The molecule has 1 aliphatic heterocycles. The minimum atomic E-state index is -4.43. The molecular weight excluding hydrogens is 255 g/mol. The van der Waals surface area contributed by atoms with Crippen molar-refractivity contribution in [2.75, 3.05) is 18.0 Å². The van der Waals surface area contributed by atoms with Crippen LogP contribution in [0, 0.1) is 0 Å². The Labute approximate surface area is 108 Å². The Morgan fingerprint density at radius 2 is 1.84 bits per heavy atom. The molecule has 0 amide bonds. The van der Waals surface area contributed by atoms with Crippen LogP contribution in [0.25, 0.3) is 11.0 Å². The summed E-state index contributed by atoms with van der Waals surface area (Å²) in [4.78, 5) is 8.13. The zero-order chi connectivity index (χ0) is 13.5. The number of benzene rings is 1. The van der Waals surface area contributed by atoms with Gasteiger partial charge in [0.25, 0.3) is 0 Å². The summed E-state index contributed by atoms with van der Waals surface area (Å²) >= 11 is 0. The number of piperidine rings is 1. The summed E-state index contributed by atoms with van der Waals surface area (Å²) in [5.74, 6) is -0.932. The first-order chi connectivity index (χ1) is 9.04. The summed E-state index contributed by atoms with van der Waals surface area (Å²) in [6.45, 7) is 1.93. The molecular formula is C13H14F3N3. The number of H-pyrrole nitrogens is 1. The third-order valence-electron chi connectivity index (χ3n) is 3.46. The number of rotatable bonds is 1. The number of anilines is 1. The van der Waals surface area contributed by atoms with E-state index in [1.807, 2.05) is 6.07 Å². The lowest BCUT2D eigenvalue weighted by Crippen LogP contribution is -2.29. The molecule has 0 atom stereocenters. The molecule has 0 aliphatic carbocycles. The fraction of sp³-hybridized carbons (Fsp3) is 0.462. The second kappa shape index (κ2) is 4.43. The minimum absolute atomic E-state index is 0.355. The van der Waals surface area contributed by atoms with Crippen LogP contribution in [0.2, 0.25) is 0 Å². The van der Waals surface area contributed by atoms with Crippen molar-refractivity contribution in [1.29, 1.82) is 0 Å². The van der Waals surface area contributed by atoms with E-state index in [0.29, 0.717) is 11.0 Å². The molecule has 3 nitrogen and oxygen atoms in total. The molecule has 2 aromatic rings. The van der Waals surface area contributed by atoms with E-state index >= 15 is 0 Å². The Morgan fingerprint density at radius 3 is 2.53 bits per heavy atom. The molecule has 1 fully saturated rings. The average Bonchev–Trinajstić information content (AvgIpc) is 2.82. The minimum Gasteiger partial charge on any atom is -0.371 e. The standard InChI is InChI=1S/C13H14F3N3/c14-13(15,16)12-17-10-5-4-9(8-11(10)18-12)19-6-2-1-3-7-19/h4-5,8H,1-3,6-7H2,(H,17,18). The van der Waals surface area contributed by atoms with E-state index in [4.69, 9.17) is 0 Å². The summed E-state index contributed by atoms with van der Waals surface area (Å²) in [6, 6.07) is 5.24. The highest BCUT2D eigenvalue weighted by Crippen LogP contribution is 2.30. The van der Waals surface area contributed by atoms with Crippen LogP contribution < -0.4 is 4.90 Å². The largest absolute Gasteiger partial charge is 0.449 e. The number of nitrogens with one attached hydrogen (secondary N) is 1. The van der Waals surface area contributed by atoms with Crippen molar-refractivity contribution >= 4 is 16.7 Å². The maximum atomic E-state index is 12.6. The van der Waals surface area contributed by atoms with Crippen molar-refractivity contribution in [2.24, 2.45) is 0 Å². The molecule has 6 heteroatoms. The highest BCUT2D eigenvalue weighted by molar-refractivity contribution is 5.79. The van der Waals surface area contributed by atoms with Gasteiger partial charge in [0.15, 0.2) is 0 Å². The summed E-state index contributed by atoms with van der Waals surface area (Å²) in [5.41, 5.74) is 1.76. The van der Waals surface area contributed by atoms with Crippen LogP contribution in [0.4, 0.5) is 18.9 Å². The van der Waals surface area contributed by atoms with E-state index in [-0.39, 0.29) is 0 Å². The number of imidazole rings is 1. The molecule has 3 rings (SSSR count). The quantitative estimate of drug-likeness (QED) is 0.858. The molecule has 1 aromatic carbocycles. The third kappa shape index (κ3) is 2.39. The lowest BCUT2D eigenvalue weighted by molar-refractivity contribution is -0.144. The molecule has 0 bridgehead atoms. The van der Waals surface area contributed by atoms with Crippen LogP contribution in [-0.4, -0.2) is 23.1 Å². The number of hydrogen-bond donors (Lipinski definition) is 1. The van der Waals surface area contributed by atoms with Gasteiger partial charge in [-0.05, 0) is 37.5 Å². The van der Waals surface area contributed by atoms with Gasteiger partial charge in [-0.25, -0.2) is 4.98 Å². The second-order valence-corrected chi connectivity index (χ2v) is 4.83. The lowest BCUT2D eigenvalue weighted by atomic mass is 10.1. The molecule has 1 saturated heterocycles. The molecule has 1 aromatic heterocycles. The molecule has 0 saturated carbocycles. The smallest absolute Gasteiger partial charge is 0.371 e. The number of hydrogen-bond acceptors (Lipinski definition) is 2. The van der Waals surface area contributed by atoms with Crippen LogP contribution in [0.1, 0.15) is 25.1 Å². The molecule has 19 heavy (non-hydrogen) atoms. The number of nitrogens with zero attached hydrogens (tertiary/aromatic N) is 2. The molecule has 0 radical (unpaired) electrons. The lowest BCUT2D eigenvalue weighted by Gasteiger charge is -2.28. The number of alkyl halides is 3. The molecule has 0 unspecified atom stereocenters. The Balaban J connectivity index is 1.96. The van der Waals surface area contributed by atoms with E-state index in [1.54, 1.807) is 12.1 Å². The molecule has 2 heterocycles. The van der Waals surface area contributed by atoms with Crippen LogP contribution in [0.3, 0.4) is 0 Å². The van der Waals surface area contributed by atoms with Gasteiger partial charge in [0.05, 0.1) is 11.0 Å². The maximum Gasteiger partial charge on any atom is 0.449 e. The average molecular weight is 269 g/mol. The van der Waals surface area contributed by atoms with Gasteiger partial charge in [-0.1, -0.05) is 0 Å². The Morgan fingerprint density at radius 1 is 1.11 bits per heavy atom. The normalized spacial score (nSPS) is 17.1.